The Morgan fingerprint density at radius 2 is 2.04 bits per heavy atom. The molecule has 0 unspecified atom stereocenters. The molecule has 138 valence electrons. The third-order valence-electron chi connectivity index (χ3n) is 4.89. The van der Waals surface area contributed by atoms with Crippen LogP contribution in [0.4, 0.5) is 5.69 Å². The maximum Gasteiger partial charge on any atom is 0.287 e. The molecule has 1 fully saturated rings. The Bertz CT molecular complexity index is 1010. The zero-order valence-electron chi connectivity index (χ0n) is 15.3. The molecule has 2 aromatic carbocycles. The van der Waals surface area contributed by atoms with Crippen molar-refractivity contribution < 1.29 is 14.0 Å². The maximum absolute atomic E-state index is 12.4. The van der Waals surface area contributed by atoms with E-state index in [0.29, 0.717) is 24.3 Å². The Labute approximate surface area is 158 Å². The number of amides is 2. The van der Waals surface area contributed by atoms with Gasteiger partial charge < -0.3 is 14.6 Å². The molecule has 0 bridgehead atoms. The van der Waals surface area contributed by atoms with Crippen LogP contribution in [0.2, 0.25) is 0 Å². The van der Waals surface area contributed by atoms with Crippen molar-refractivity contribution in [3.05, 3.63) is 65.4 Å². The number of nitrogens with one attached hydrogen (secondary N) is 1. The summed E-state index contributed by atoms with van der Waals surface area (Å²) < 4.78 is 5.64. The minimum absolute atomic E-state index is 0.167. The average Bonchev–Trinajstić information content (AvgIpc) is 3.10. The van der Waals surface area contributed by atoms with Crippen LogP contribution >= 0.6 is 0 Å². The first kappa shape index (κ1) is 17.3. The topological polar surface area (TPSA) is 62.6 Å². The Morgan fingerprint density at radius 1 is 1.15 bits per heavy atom. The minimum Gasteiger partial charge on any atom is -0.451 e. The lowest BCUT2D eigenvalue weighted by Crippen LogP contribution is -2.35. The molecule has 1 aliphatic rings. The van der Waals surface area contributed by atoms with Crippen molar-refractivity contribution >= 4 is 28.5 Å². The highest BCUT2D eigenvalue weighted by Gasteiger charge is 2.19. The van der Waals surface area contributed by atoms with Crippen molar-refractivity contribution in [1.29, 1.82) is 0 Å². The highest BCUT2D eigenvalue weighted by Crippen LogP contribution is 2.23. The van der Waals surface area contributed by atoms with E-state index in [2.05, 4.69) is 5.32 Å². The fraction of sp³-hybridized carbons (Fsp3) is 0.273. The molecule has 1 aliphatic heterocycles. The van der Waals surface area contributed by atoms with Gasteiger partial charge in [-0.2, -0.15) is 0 Å². The molecule has 0 aliphatic carbocycles. The summed E-state index contributed by atoms with van der Waals surface area (Å²) in [6.45, 7) is 3.14. The van der Waals surface area contributed by atoms with Crippen LogP contribution in [-0.2, 0) is 11.3 Å². The lowest BCUT2D eigenvalue weighted by molar-refractivity contribution is -0.119. The van der Waals surface area contributed by atoms with Crippen molar-refractivity contribution in [1.82, 2.24) is 5.32 Å². The second-order valence-electron chi connectivity index (χ2n) is 7.01. The van der Waals surface area contributed by atoms with Crippen molar-refractivity contribution in [2.24, 2.45) is 0 Å². The second kappa shape index (κ2) is 7.27. The molecular formula is C22H22N2O3. The van der Waals surface area contributed by atoms with Crippen molar-refractivity contribution in [2.45, 2.75) is 32.7 Å². The molecule has 0 spiro atoms. The van der Waals surface area contributed by atoms with Crippen LogP contribution < -0.4 is 10.2 Å². The number of rotatable bonds is 4. The van der Waals surface area contributed by atoms with Gasteiger partial charge in [0.15, 0.2) is 5.76 Å². The number of aryl methyl sites for hydroxylation is 1. The fourth-order valence-electron chi connectivity index (χ4n) is 3.46. The number of anilines is 1. The number of hydrogen-bond acceptors (Lipinski definition) is 3. The third-order valence-corrected chi connectivity index (χ3v) is 4.89. The molecule has 0 saturated carbocycles. The summed E-state index contributed by atoms with van der Waals surface area (Å²) in [6.07, 6.45) is 2.59. The molecule has 1 N–H and O–H groups in total. The summed E-state index contributed by atoms with van der Waals surface area (Å²) in [7, 11) is 0. The van der Waals surface area contributed by atoms with Crippen LogP contribution in [0, 0.1) is 6.92 Å². The summed E-state index contributed by atoms with van der Waals surface area (Å²) in [6, 6.07) is 15.4. The number of hydrogen-bond donors (Lipinski definition) is 1. The van der Waals surface area contributed by atoms with Gasteiger partial charge in [-0.15, -0.1) is 0 Å². The van der Waals surface area contributed by atoms with Gasteiger partial charge in [0.2, 0.25) is 5.91 Å². The minimum atomic E-state index is -0.247. The quantitative estimate of drug-likeness (QED) is 0.757. The molecule has 0 radical (unpaired) electrons. The lowest BCUT2D eigenvalue weighted by atomic mass is 10.1. The van der Waals surface area contributed by atoms with Gasteiger partial charge in [-0.1, -0.05) is 23.8 Å². The lowest BCUT2D eigenvalue weighted by Gasteiger charge is -2.27. The van der Waals surface area contributed by atoms with E-state index in [0.717, 1.165) is 41.6 Å². The van der Waals surface area contributed by atoms with Gasteiger partial charge in [0, 0.05) is 30.6 Å². The van der Waals surface area contributed by atoms with E-state index in [-0.39, 0.29) is 11.8 Å². The SMILES string of the molecule is Cc1ccc2oc(C(=O)NCc3cccc(N4CCCCC4=O)c3)cc2c1. The number of fused-ring (bicyclic) bond motifs is 1. The van der Waals surface area contributed by atoms with Crippen LogP contribution in [0.15, 0.2) is 52.9 Å². The number of piperidine rings is 1. The Morgan fingerprint density at radius 3 is 2.89 bits per heavy atom. The van der Waals surface area contributed by atoms with Gasteiger partial charge in [-0.05, 0) is 55.7 Å². The van der Waals surface area contributed by atoms with E-state index in [4.69, 9.17) is 4.42 Å². The molecule has 0 atom stereocenters. The molecule has 2 heterocycles. The molecule has 1 aromatic heterocycles. The zero-order chi connectivity index (χ0) is 18.8. The van der Waals surface area contributed by atoms with Crippen molar-refractivity contribution in [2.75, 3.05) is 11.4 Å². The molecule has 1 saturated heterocycles. The molecule has 27 heavy (non-hydrogen) atoms. The van der Waals surface area contributed by atoms with E-state index >= 15 is 0 Å². The Kier molecular flexibility index (Phi) is 4.67. The summed E-state index contributed by atoms with van der Waals surface area (Å²) in [5.41, 5.74) is 3.67. The van der Waals surface area contributed by atoms with Crippen molar-refractivity contribution in [3.63, 3.8) is 0 Å². The van der Waals surface area contributed by atoms with Crippen LogP contribution in [0.25, 0.3) is 11.0 Å². The summed E-state index contributed by atoms with van der Waals surface area (Å²) in [5, 5.41) is 3.82. The highest BCUT2D eigenvalue weighted by atomic mass is 16.3. The highest BCUT2D eigenvalue weighted by molar-refractivity contribution is 5.96. The van der Waals surface area contributed by atoms with Gasteiger partial charge in [-0.25, -0.2) is 0 Å². The van der Waals surface area contributed by atoms with E-state index in [1.807, 2.05) is 54.3 Å². The van der Waals surface area contributed by atoms with Crippen molar-refractivity contribution in [3.8, 4) is 0 Å². The molecule has 2 amide bonds. The van der Waals surface area contributed by atoms with E-state index in [9.17, 15) is 9.59 Å². The van der Waals surface area contributed by atoms with Gasteiger partial charge in [0.25, 0.3) is 5.91 Å². The Hall–Kier alpha value is -3.08. The summed E-state index contributed by atoms with van der Waals surface area (Å²) in [5.74, 6) is 0.223. The van der Waals surface area contributed by atoms with Crippen LogP contribution in [0.1, 0.15) is 40.9 Å². The first-order chi connectivity index (χ1) is 13.1. The van der Waals surface area contributed by atoms with Gasteiger partial charge in [0.05, 0.1) is 0 Å². The number of nitrogens with zero attached hydrogens (tertiary/aromatic N) is 1. The van der Waals surface area contributed by atoms with E-state index in [1.54, 1.807) is 6.07 Å². The fourth-order valence-corrected chi connectivity index (χ4v) is 3.46. The number of benzene rings is 2. The molecule has 3 aromatic rings. The normalized spacial score (nSPS) is 14.6. The van der Waals surface area contributed by atoms with Gasteiger partial charge in [0.1, 0.15) is 5.58 Å². The number of carbonyl (C=O) groups excluding carboxylic acids is 2. The molecule has 4 rings (SSSR count). The first-order valence-corrected chi connectivity index (χ1v) is 9.28. The van der Waals surface area contributed by atoms with Gasteiger partial charge >= 0.3 is 0 Å². The third kappa shape index (κ3) is 3.72. The molecule has 5 heteroatoms. The first-order valence-electron chi connectivity index (χ1n) is 9.28. The summed E-state index contributed by atoms with van der Waals surface area (Å²) >= 11 is 0. The standard InChI is InChI=1S/C22H22N2O3/c1-15-8-9-19-17(11-15)13-20(27-19)22(26)23-14-16-5-4-6-18(12-16)24-10-3-2-7-21(24)25/h4-6,8-9,11-13H,2-3,7,10,14H2,1H3,(H,23,26). The zero-order valence-corrected chi connectivity index (χ0v) is 15.3. The molecular weight excluding hydrogens is 340 g/mol. The predicted octanol–water partition coefficient (Wildman–Crippen LogP) is 4.19. The van der Waals surface area contributed by atoms with E-state index < -0.39 is 0 Å². The van der Waals surface area contributed by atoms with Crippen LogP contribution in [-0.4, -0.2) is 18.4 Å². The number of furan rings is 1. The van der Waals surface area contributed by atoms with Crippen LogP contribution in [0.5, 0.6) is 0 Å². The van der Waals surface area contributed by atoms with E-state index in [1.165, 1.54) is 0 Å². The van der Waals surface area contributed by atoms with Crippen LogP contribution in [0.3, 0.4) is 0 Å². The predicted molar refractivity (Wildman–Crippen MR) is 105 cm³/mol. The second-order valence-corrected chi connectivity index (χ2v) is 7.01. The molecule has 5 nitrogen and oxygen atoms in total. The Balaban J connectivity index is 1.45. The maximum atomic E-state index is 12.4. The average molecular weight is 362 g/mol. The van der Waals surface area contributed by atoms with Gasteiger partial charge in [-0.3, -0.25) is 9.59 Å². The number of carbonyl (C=O) groups is 2. The summed E-state index contributed by atoms with van der Waals surface area (Å²) in [4.78, 5) is 26.4. The smallest absolute Gasteiger partial charge is 0.287 e. The largest absolute Gasteiger partial charge is 0.451 e. The monoisotopic (exact) mass is 362 g/mol.